The minimum Gasteiger partial charge on any atom is -0.358 e. The molecule has 4 rings (SSSR count). The zero-order valence-electron chi connectivity index (χ0n) is 14.7. The van der Waals surface area contributed by atoms with Crippen LogP contribution in [0.25, 0.3) is 10.9 Å². The topological polar surface area (TPSA) is 65.2 Å². The molecule has 0 radical (unpaired) electrons. The number of aryl methyl sites for hydroxylation is 2. The fourth-order valence-corrected chi connectivity index (χ4v) is 4.13. The highest BCUT2D eigenvalue weighted by Crippen LogP contribution is 2.29. The molecule has 0 bridgehead atoms. The van der Waals surface area contributed by atoms with E-state index >= 15 is 0 Å². The van der Waals surface area contributed by atoms with Crippen LogP contribution in [0.3, 0.4) is 0 Å². The molecule has 5 heteroatoms. The van der Waals surface area contributed by atoms with Gasteiger partial charge in [-0.15, -0.1) is 0 Å². The van der Waals surface area contributed by atoms with Gasteiger partial charge in [0.2, 0.25) is 5.91 Å². The van der Waals surface area contributed by atoms with Crippen LogP contribution < -0.4 is 5.32 Å². The second-order valence-electron chi connectivity index (χ2n) is 7.37. The number of carbonyl (C=O) groups is 2. The van der Waals surface area contributed by atoms with Crippen LogP contribution in [-0.2, 0) is 17.6 Å². The predicted molar refractivity (Wildman–Crippen MR) is 97.7 cm³/mol. The number of likely N-dealkylation sites (tertiary alicyclic amines) is 1. The number of amides is 2. The zero-order chi connectivity index (χ0) is 17.4. The molecule has 2 aromatic rings. The van der Waals surface area contributed by atoms with E-state index in [-0.39, 0.29) is 17.9 Å². The first-order chi connectivity index (χ1) is 12.1. The number of nitrogens with one attached hydrogen (secondary N) is 2. The van der Waals surface area contributed by atoms with Crippen LogP contribution >= 0.6 is 0 Å². The number of hydrogen-bond acceptors (Lipinski definition) is 2. The zero-order valence-corrected chi connectivity index (χ0v) is 14.7. The van der Waals surface area contributed by atoms with Crippen molar-refractivity contribution in [3.63, 3.8) is 0 Å². The molecule has 1 aliphatic heterocycles. The number of fused-ring (bicyclic) bond motifs is 3. The van der Waals surface area contributed by atoms with Crippen LogP contribution in [-0.4, -0.2) is 40.8 Å². The van der Waals surface area contributed by atoms with Gasteiger partial charge in [-0.3, -0.25) is 9.59 Å². The van der Waals surface area contributed by atoms with Crippen molar-refractivity contribution in [2.45, 2.75) is 51.5 Å². The third-order valence-electron chi connectivity index (χ3n) is 5.40. The standard InChI is InChI=1S/C20H25N3O2/c1-13(12-23-10-4-7-19(23)24)21-20(25)14-8-9-18-16(11-14)15-5-2-3-6-17(15)22-18/h8-9,11,13,22H,2-7,10,12H2,1H3,(H,21,25). The van der Waals surface area contributed by atoms with Gasteiger partial charge in [-0.1, -0.05) is 0 Å². The molecule has 0 spiro atoms. The van der Waals surface area contributed by atoms with Crippen molar-refractivity contribution in [3.8, 4) is 0 Å². The molecule has 1 atom stereocenters. The van der Waals surface area contributed by atoms with Gasteiger partial charge in [-0.25, -0.2) is 0 Å². The van der Waals surface area contributed by atoms with Crippen LogP contribution in [0, 0.1) is 0 Å². The summed E-state index contributed by atoms with van der Waals surface area (Å²) in [5, 5.41) is 4.22. The van der Waals surface area contributed by atoms with E-state index in [1.165, 1.54) is 29.5 Å². The maximum atomic E-state index is 12.6. The van der Waals surface area contributed by atoms with Gasteiger partial charge in [-0.05, 0) is 62.8 Å². The normalized spacial score (nSPS) is 18.4. The number of rotatable bonds is 4. The van der Waals surface area contributed by atoms with Crippen molar-refractivity contribution in [3.05, 3.63) is 35.0 Å². The molecule has 1 saturated heterocycles. The summed E-state index contributed by atoms with van der Waals surface area (Å²) < 4.78 is 0. The molecule has 2 amide bonds. The van der Waals surface area contributed by atoms with Gasteiger partial charge in [-0.2, -0.15) is 0 Å². The number of aromatic amines is 1. The number of aromatic nitrogens is 1. The van der Waals surface area contributed by atoms with Crippen molar-refractivity contribution in [1.82, 2.24) is 15.2 Å². The number of hydrogen-bond donors (Lipinski definition) is 2. The Labute approximate surface area is 147 Å². The second kappa shape index (κ2) is 6.54. The minimum atomic E-state index is -0.0631. The van der Waals surface area contributed by atoms with E-state index in [2.05, 4.69) is 10.3 Å². The fourth-order valence-electron chi connectivity index (χ4n) is 4.13. The summed E-state index contributed by atoms with van der Waals surface area (Å²) in [5.74, 6) is 0.133. The SMILES string of the molecule is CC(CN1CCCC1=O)NC(=O)c1ccc2[nH]c3c(c2c1)CCCC3. The number of H-pyrrole nitrogens is 1. The van der Waals surface area contributed by atoms with Gasteiger partial charge in [0.05, 0.1) is 0 Å². The lowest BCUT2D eigenvalue weighted by Crippen LogP contribution is -2.42. The van der Waals surface area contributed by atoms with Crippen LogP contribution in [0.15, 0.2) is 18.2 Å². The summed E-state index contributed by atoms with van der Waals surface area (Å²) in [7, 11) is 0. The Balaban J connectivity index is 1.48. The molecule has 0 saturated carbocycles. The fraction of sp³-hybridized carbons (Fsp3) is 0.500. The first kappa shape index (κ1) is 16.2. The molecular formula is C20H25N3O2. The quantitative estimate of drug-likeness (QED) is 0.899. The van der Waals surface area contributed by atoms with Crippen LogP contribution in [0.2, 0.25) is 0 Å². The molecule has 25 heavy (non-hydrogen) atoms. The molecule has 5 nitrogen and oxygen atoms in total. The Kier molecular flexibility index (Phi) is 4.24. The summed E-state index contributed by atoms with van der Waals surface area (Å²) in [5.41, 5.74) is 4.53. The Morgan fingerprint density at radius 2 is 2.08 bits per heavy atom. The highest BCUT2D eigenvalue weighted by atomic mass is 16.2. The van der Waals surface area contributed by atoms with E-state index in [4.69, 9.17) is 0 Å². The van der Waals surface area contributed by atoms with Gasteiger partial charge >= 0.3 is 0 Å². The van der Waals surface area contributed by atoms with E-state index in [0.717, 1.165) is 31.3 Å². The third-order valence-corrected chi connectivity index (χ3v) is 5.40. The molecule has 1 aromatic carbocycles. The maximum absolute atomic E-state index is 12.6. The molecule has 1 unspecified atom stereocenters. The summed E-state index contributed by atoms with van der Waals surface area (Å²) >= 11 is 0. The summed E-state index contributed by atoms with van der Waals surface area (Å²) in [6, 6.07) is 5.86. The Morgan fingerprint density at radius 1 is 1.24 bits per heavy atom. The predicted octanol–water partition coefficient (Wildman–Crippen LogP) is 2.79. The molecule has 2 heterocycles. The molecule has 2 N–H and O–H groups in total. The Hall–Kier alpha value is -2.30. The molecule has 2 aliphatic rings. The van der Waals surface area contributed by atoms with Crippen molar-refractivity contribution < 1.29 is 9.59 Å². The van der Waals surface area contributed by atoms with Crippen molar-refractivity contribution >= 4 is 22.7 Å². The monoisotopic (exact) mass is 339 g/mol. The van der Waals surface area contributed by atoms with E-state index in [0.29, 0.717) is 18.5 Å². The Morgan fingerprint density at radius 3 is 2.88 bits per heavy atom. The van der Waals surface area contributed by atoms with Gasteiger partial charge in [0.25, 0.3) is 5.91 Å². The Bertz CT molecular complexity index is 824. The first-order valence-corrected chi connectivity index (χ1v) is 9.34. The van der Waals surface area contributed by atoms with Gasteiger partial charge in [0, 0.05) is 47.7 Å². The maximum Gasteiger partial charge on any atom is 0.251 e. The smallest absolute Gasteiger partial charge is 0.251 e. The first-order valence-electron chi connectivity index (χ1n) is 9.34. The summed E-state index contributed by atoms with van der Waals surface area (Å²) in [4.78, 5) is 29.7. The molecule has 1 aliphatic carbocycles. The van der Waals surface area contributed by atoms with Crippen LogP contribution in [0.5, 0.6) is 0 Å². The van der Waals surface area contributed by atoms with Gasteiger partial charge in [0.1, 0.15) is 0 Å². The molecule has 1 aromatic heterocycles. The number of nitrogens with zero attached hydrogens (tertiary/aromatic N) is 1. The highest BCUT2D eigenvalue weighted by molar-refractivity contribution is 5.99. The molecular weight excluding hydrogens is 314 g/mol. The second-order valence-corrected chi connectivity index (χ2v) is 7.37. The minimum absolute atomic E-state index is 0.0506. The lowest BCUT2D eigenvalue weighted by Gasteiger charge is -2.21. The third kappa shape index (κ3) is 3.15. The summed E-state index contributed by atoms with van der Waals surface area (Å²) in [6.07, 6.45) is 6.21. The van der Waals surface area contributed by atoms with E-state index in [1.54, 1.807) is 0 Å². The van der Waals surface area contributed by atoms with E-state index in [9.17, 15) is 9.59 Å². The number of benzene rings is 1. The van der Waals surface area contributed by atoms with Crippen molar-refractivity contribution in [2.75, 3.05) is 13.1 Å². The number of carbonyl (C=O) groups excluding carboxylic acids is 2. The van der Waals surface area contributed by atoms with Crippen molar-refractivity contribution in [2.24, 2.45) is 0 Å². The lowest BCUT2D eigenvalue weighted by molar-refractivity contribution is -0.127. The van der Waals surface area contributed by atoms with Crippen molar-refractivity contribution in [1.29, 1.82) is 0 Å². The van der Waals surface area contributed by atoms with Gasteiger partial charge in [0.15, 0.2) is 0 Å². The van der Waals surface area contributed by atoms with Gasteiger partial charge < -0.3 is 15.2 Å². The average molecular weight is 339 g/mol. The lowest BCUT2D eigenvalue weighted by atomic mass is 9.95. The summed E-state index contributed by atoms with van der Waals surface area (Å²) in [6.45, 7) is 3.35. The van der Waals surface area contributed by atoms with Crippen LogP contribution in [0.4, 0.5) is 0 Å². The average Bonchev–Trinajstić information content (AvgIpc) is 3.17. The largest absolute Gasteiger partial charge is 0.358 e. The highest BCUT2D eigenvalue weighted by Gasteiger charge is 2.23. The van der Waals surface area contributed by atoms with E-state index in [1.807, 2.05) is 30.0 Å². The van der Waals surface area contributed by atoms with Crippen LogP contribution in [0.1, 0.15) is 54.2 Å². The molecule has 132 valence electrons. The van der Waals surface area contributed by atoms with E-state index < -0.39 is 0 Å². The molecule has 1 fully saturated rings.